The summed E-state index contributed by atoms with van der Waals surface area (Å²) in [7, 11) is 0. The highest BCUT2D eigenvalue weighted by atomic mass is 32.1. The summed E-state index contributed by atoms with van der Waals surface area (Å²) in [5.74, 6) is -0.363. The lowest BCUT2D eigenvalue weighted by atomic mass is 10.1. The average molecular weight is 345 g/mol. The molecule has 0 unspecified atom stereocenters. The van der Waals surface area contributed by atoms with Gasteiger partial charge in [0.15, 0.2) is 0 Å². The summed E-state index contributed by atoms with van der Waals surface area (Å²) < 4.78 is 4.09. The van der Waals surface area contributed by atoms with E-state index in [9.17, 15) is 14.7 Å². The molecule has 0 bridgehead atoms. The van der Waals surface area contributed by atoms with Crippen molar-refractivity contribution in [2.75, 3.05) is 18.4 Å². The SMILES string of the molecule is Cc1nscc1C(=O)Nc1cccc(C(=O)N2CCC[C@@H](O)C2)c1. The van der Waals surface area contributed by atoms with Crippen LogP contribution in [0.5, 0.6) is 0 Å². The standard InChI is InChI=1S/C17H19N3O3S/c1-11-15(10-24-19-11)16(22)18-13-5-2-4-12(8-13)17(23)20-7-3-6-14(21)9-20/h2,4-5,8,10,14,21H,3,6-7,9H2,1H3,(H,18,22)/t14-/m1/s1. The number of hydrogen-bond acceptors (Lipinski definition) is 5. The van der Waals surface area contributed by atoms with E-state index in [1.807, 2.05) is 0 Å². The molecule has 1 aliphatic heterocycles. The number of rotatable bonds is 3. The van der Waals surface area contributed by atoms with Crippen molar-refractivity contribution in [3.8, 4) is 0 Å². The van der Waals surface area contributed by atoms with Crippen LogP contribution in [-0.2, 0) is 0 Å². The van der Waals surface area contributed by atoms with Crippen LogP contribution in [0.3, 0.4) is 0 Å². The Morgan fingerprint density at radius 2 is 2.25 bits per heavy atom. The molecule has 1 aromatic heterocycles. The van der Waals surface area contributed by atoms with Crippen molar-refractivity contribution in [3.63, 3.8) is 0 Å². The Balaban J connectivity index is 1.73. The molecule has 1 aromatic carbocycles. The summed E-state index contributed by atoms with van der Waals surface area (Å²) >= 11 is 1.24. The second kappa shape index (κ2) is 7.11. The van der Waals surface area contributed by atoms with Crippen molar-refractivity contribution in [1.29, 1.82) is 0 Å². The van der Waals surface area contributed by atoms with Gasteiger partial charge in [0.2, 0.25) is 0 Å². The lowest BCUT2D eigenvalue weighted by Crippen LogP contribution is -2.42. The minimum absolute atomic E-state index is 0.127. The number of nitrogens with zero attached hydrogens (tertiary/aromatic N) is 2. The molecule has 2 heterocycles. The first-order valence-electron chi connectivity index (χ1n) is 7.84. The van der Waals surface area contributed by atoms with Gasteiger partial charge in [-0.05, 0) is 49.5 Å². The van der Waals surface area contributed by atoms with Gasteiger partial charge in [0.05, 0.1) is 17.4 Å². The predicted molar refractivity (Wildman–Crippen MR) is 92.4 cm³/mol. The van der Waals surface area contributed by atoms with Crippen molar-refractivity contribution < 1.29 is 14.7 Å². The molecule has 6 nitrogen and oxygen atoms in total. The molecule has 1 atom stereocenters. The monoisotopic (exact) mass is 345 g/mol. The minimum Gasteiger partial charge on any atom is -0.391 e. The summed E-state index contributed by atoms with van der Waals surface area (Å²) in [4.78, 5) is 26.5. The second-order valence-electron chi connectivity index (χ2n) is 5.90. The maximum absolute atomic E-state index is 12.6. The summed E-state index contributed by atoms with van der Waals surface area (Å²) in [6.45, 7) is 2.79. The maximum atomic E-state index is 12.6. The molecule has 2 N–H and O–H groups in total. The van der Waals surface area contributed by atoms with E-state index in [-0.39, 0.29) is 11.8 Å². The zero-order valence-corrected chi connectivity index (χ0v) is 14.2. The van der Waals surface area contributed by atoms with Crippen LogP contribution in [0.15, 0.2) is 29.6 Å². The zero-order valence-electron chi connectivity index (χ0n) is 13.4. The van der Waals surface area contributed by atoms with Crippen LogP contribution in [0.2, 0.25) is 0 Å². The third-order valence-corrected chi connectivity index (χ3v) is 4.77. The molecular weight excluding hydrogens is 326 g/mol. The van der Waals surface area contributed by atoms with E-state index in [2.05, 4.69) is 9.69 Å². The Kier molecular flexibility index (Phi) is 4.92. The van der Waals surface area contributed by atoms with Gasteiger partial charge in [0.1, 0.15) is 0 Å². The third kappa shape index (κ3) is 3.63. The van der Waals surface area contributed by atoms with Gasteiger partial charge in [-0.15, -0.1) is 0 Å². The highest BCUT2D eigenvalue weighted by Crippen LogP contribution is 2.18. The number of carbonyl (C=O) groups excluding carboxylic acids is 2. The van der Waals surface area contributed by atoms with Crippen LogP contribution in [0.25, 0.3) is 0 Å². The highest BCUT2D eigenvalue weighted by Gasteiger charge is 2.23. The summed E-state index contributed by atoms with van der Waals surface area (Å²) in [5, 5.41) is 14.2. The molecule has 126 valence electrons. The quantitative estimate of drug-likeness (QED) is 0.894. The number of piperidine rings is 1. The number of aryl methyl sites for hydroxylation is 1. The first-order chi connectivity index (χ1) is 11.5. The third-order valence-electron chi connectivity index (χ3n) is 4.05. The van der Waals surface area contributed by atoms with E-state index >= 15 is 0 Å². The summed E-state index contributed by atoms with van der Waals surface area (Å²) in [6.07, 6.45) is 1.07. The highest BCUT2D eigenvalue weighted by molar-refractivity contribution is 7.04. The summed E-state index contributed by atoms with van der Waals surface area (Å²) in [6, 6.07) is 6.86. The van der Waals surface area contributed by atoms with Gasteiger partial charge in [-0.2, -0.15) is 4.37 Å². The average Bonchev–Trinajstić information content (AvgIpc) is 3.00. The Morgan fingerprint density at radius 3 is 2.96 bits per heavy atom. The lowest BCUT2D eigenvalue weighted by Gasteiger charge is -2.30. The Morgan fingerprint density at radius 1 is 1.42 bits per heavy atom. The van der Waals surface area contributed by atoms with Crippen LogP contribution in [0.1, 0.15) is 39.3 Å². The van der Waals surface area contributed by atoms with Crippen LogP contribution in [0.4, 0.5) is 5.69 Å². The predicted octanol–water partition coefficient (Wildman–Crippen LogP) is 2.30. The normalized spacial score (nSPS) is 17.6. The number of aliphatic hydroxyl groups is 1. The van der Waals surface area contributed by atoms with Crippen molar-refractivity contribution >= 4 is 29.0 Å². The zero-order chi connectivity index (χ0) is 17.1. The van der Waals surface area contributed by atoms with Gasteiger partial charge >= 0.3 is 0 Å². The molecule has 2 aromatic rings. The van der Waals surface area contributed by atoms with Gasteiger partial charge in [0.25, 0.3) is 11.8 Å². The number of β-amino-alcohol motifs (C(OH)–C–C–N with tert-alkyl or cyclic N) is 1. The number of aromatic nitrogens is 1. The fraction of sp³-hybridized carbons (Fsp3) is 0.353. The van der Waals surface area contributed by atoms with Crippen molar-refractivity contribution in [1.82, 2.24) is 9.27 Å². The number of likely N-dealkylation sites (tertiary alicyclic amines) is 1. The largest absolute Gasteiger partial charge is 0.391 e. The number of anilines is 1. The molecule has 7 heteroatoms. The van der Waals surface area contributed by atoms with E-state index in [4.69, 9.17) is 0 Å². The van der Waals surface area contributed by atoms with Gasteiger partial charge in [-0.3, -0.25) is 9.59 Å². The molecule has 1 saturated heterocycles. The van der Waals surface area contributed by atoms with Crippen molar-refractivity contribution in [2.45, 2.75) is 25.9 Å². The van der Waals surface area contributed by atoms with Gasteiger partial charge in [-0.1, -0.05) is 6.07 Å². The molecule has 24 heavy (non-hydrogen) atoms. The number of nitrogens with one attached hydrogen (secondary N) is 1. The number of amides is 2. The number of aliphatic hydroxyl groups excluding tert-OH is 1. The van der Waals surface area contributed by atoms with Crippen LogP contribution < -0.4 is 5.32 Å². The number of benzene rings is 1. The van der Waals surface area contributed by atoms with E-state index in [0.717, 1.165) is 12.8 Å². The number of carbonyl (C=O) groups is 2. The fourth-order valence-corrected chi connectivity index (χ4v) is 3.45. The topological polar surface area (TPSA) is 82.5 Å². The molecule has 0 aliphatic carbocycles. The fourth-order valence-electron chi connectivity index (χ4n) is 2.76. The molecule has 1 aliphatic rings. The molecule has 0 saturated carbocycles. The molecule has 1 fully saturated rings. The summed E-state index contributed by atoms with van der Waals surface area (Å²) in [5.41, 5.74) is 2.29. The Labute approximate surface area is 144 Å². The molecule has 2 amide bonds. The second-order valence-corrected chi connectivity index (χ2v) is 6.52. The van der Waals surface area contributed by atoms with Gasteiger partial charge in [0, 0.05) is 29.7 Å². The Bertz CT molecular complexity index is 759. The maximum Gasteiger partial charge on any atom is 0.258 e. The van der Waals surface area contributed by atoms with Crippen molar-refractivity contribution in [3.05, 3.63) is 46.5 Å². The van der Waals surface area contributed by atoms with E-state index < -0.39 is 6.10 Å². The number of hydrogen-bond donors (Lipinski definition) is 2. The van der Waals surface area contributed by atoms with Crippen LogP contribution in [-0.4, -0.2) is 45.4 Å². The van der Waals surface area contributed by atoms with E-state index in [1.165, 1.54) is 11.5 Å². The molecule has 0 spiro atoms. The van der Waals surface area contributed by atoms with Gasteiger partial charge in [-0.25, -0.2) is 0 Å². The molecular formula is C17H19N3O3S. The lowest BCUT2D eigenvalue weighted by molar-refractivity contribution is 0.0474. The molecule has 0 radical (unpaired) electrons. The Hall–Kier alpha value is -2.25. The van der Waals surface area contributed by atoms with E-state index in [0.29, 0.717) is 35.6 Å². The molecule has 3 rings (SSSR count). The van der Waals surface area contributed by atoms with Crippen LogP contribution >= 0.6 is 11.5 Å². The smallest absolute Gasteiger partial charge is 0.258 e. The first-order valence-corrected chi connectivity index (χ1v) is 8.68. The van der Waals surface area contributed by atoms with E-state index in [1.54, 1.807) is 41.5 Å². The first kappa shape index (κ1) is 16.6. The van der Waals surface area contributed by atoms with Crippen LogP contribution in [0, 0.1) is 6.92 Å². The minimum atomic E-state index is -0.459. The van der Waals surface area contributed by atoms with Crippen molar-refractivity contribution in [2.24, 2.45) is 0 Å². The van der Waals surface area contributed by atoms with Gasteiger partial charge < -0.3 is 15.3 Å².